The molecule has 23 heavy (non-hydrogen) atoms. The van der Waals surface area contributed by atoms with Crippen molar-refractivity contribution >= 4 is 23.2 Å². The standard InChI is InChI=1S/C18H20ClNO3/c1-4-17(23-15-8-9-16(19)12(2)10-15)18(21)20-13-6-5-7-14(11-13)22-3/h5-11,17H,4H2,1-3H3,(H,20,21)/t17-/m0/s1. The third-order valence-electron chi connectivity index (χ3n) is 3.41. The Balaban J connectivity index is 2.07. The second-order valence-corrected chi connectivity index (χ2v) is 5.55. The van der Waals surface area contributed by atoms with Gasteiger partial charge in [-0.3, -0.25) is 4.79 Å². The van der Waals surface area contributed by atoms with Crippen molar-refractivity contribution in [3.63, 3.8) is 0 Å². The predicted molar refractivity (Wildman–Crippen MR) is 92.5 cm³/mol. The highest BCUT2D eigenvalue weighted by Crippen LogP contribution is 2.23. The van der Waals surface area contributed by atoms with Gasteiger partial charge in [-0.1, -0.05) is 24.6 Å². The van der Waals surface area contributed by atoms with E-state index in [4.69, 9.17) is 21.1 Å². The van der Waals surface area contributed by atoms with Gasteiger partial charge in [-0.15, -0.1) is 0 Å². The lowest BCUT2D eigenvalue weighted by atomic mass is 10.2. The molecule has 0 aliphatic rings. The third kappa shape index (κ3) is 4.63. The molecular weight excluding hydrogens is 314 g/mol. The summed E-state index contributed by atoms with van der Waals surface area (Å²) < 4.78 is 10.9. The van der Waals surface area contributed by atoms with Gasteiger partial charge in [0.15, 0.2) is 6.10 Å². The summed E-state index contributed by atoms with van der Waals surface area (Å²) in [5.74, 6) is 1.11. The summed E-state index contributed by atoms with van der Waals surface area (Å²) in [6, 6.07) is 12.6. The van der Waals surface area contributed by atoms with Crippen LogP contribution in [-0.2, 0) is 4.79 Å². The van der Waals surface area contributed by atoms with Crippen LogP contribution in [0.4, 0.5) is 5.69 Å². The summed E-state index contributed by atoms with van der Waals surface area (Å²) in [5.41, 5.74) is 1.58. The highest BCUT2D eigenvalue weighted by molar-refractivity contribution is 6.31. The first kappa shape index (κ1) is 17.2. The Hall–Kier alpha value is -2.20. The fraction of sp³-hybridized carbons (Fsp3) is 0.278. The zero-order chi connectivity index (χ0) is 16.8. The predicted octanol–water partition coefficient (Wildman–Crippen LogP) is 4.45. The van der Waals surface area contributed by atoms with Gasteiger partial charge in [-0.05, 0) is 49.2 Å². The van der Waals surface area contributed by atoms with E-state index >= 15 is 0 Å². The van der Waals surface area contributed by atoms with E-state index in [0.717, 1.165) is 5.56 Å². The molecule has 0 aliphatic carbocycles. The molecule has 122 valence electrons. The van der Waals surface area contributed by atoms with Crippen molar-refractivity contribution in [2.45, 2.75) is 26.4 Å². The molecule has 0 saturated heterocycles. The summed E-state index contributed by atoms with van der Waals surface area (Å²) in [5, 5.41) is 3.52. The number of benzene rings is 2. The maximum absolute atomic E-state index is 12.4. The fourth-order valence-electron chi connectivity index (χ4n) is 2.10. The average Bonchev–Trinajstić information content (AvgIpc) is 2.55. The minimum atomic E-state index is -0.582. The molecule has 0 unspecified atom stereocenters. The molecule has 1 amide bonds. The summed E-state index contributed by atoms with van der Waals surface area (Å²) in [6.45, 7) is 3.80. The molecule has 1 atom stereocenters. The smallest absolute Gasteiger partial charge is 0.265 e. The maximum atomic E-state index is 12.4. The van der Waals surface area contributed by atoms with Crippen molar-refractivity contribution in [2.75, 3.05) is 12.4 Å². The van der Waals surface area contributed by atoms with Gasteiger partial charge in [-0.2, -0.15) is 0 Å². The Bertz CT molecular complexity index is 688. The maximum Gasteiger partial charge on any atom is 0.265 e. The average molecular weight is 334 g/mol. The Kier molecular flexibility index (Phi) is 5.88. The summed E-state index contributed by atoms with van der Waals surface area (Å²) >= 11 is 6.00. The summed E-state index contributed by atoms with van der Waals surface area (Å²) in [7, 11) is 1.59. The lowest BCUT2D eigenvalue weighted by molar-refractivity contribution is -0.122. The summed E-state index contributed by atoms with van der Waals surface area (Å²) in [4.78, 5) is 12.4. The second-order valence-electron chi connectivity index (χ2n) is 5.15. The van der Waals surface area contributed by atoms with Gasteiger partial charge in [0.2, 0.25) is 0 Å². The molecule has 0 spiro atoms. The number of anilines is 1. The topological polar surface area (TPSA) is 47.6 Å². The highest BCUT2D eigenvalue weighted by atomic mass is 35.5. The van der Waals surface area contributed by atoms with E-state index in [1.54, 1.807) is 31.4 Å². The van der Waals surface area contributed by atoms with E-state index in [0.29, 0.717) is 28.6 Å². The van der Waals surface area contributed by atoms with Gasteiger partial charge in [-0.25, -0.2) is 0 Å². The largest absolute Gasteiger partial charge is 0.497 e. The van der Waals surface area contributed by atoms with Crippen molar-refractivity contribution in [3.05, 3.63) is 53.1 Å². The Morgan fingerprint density at radius 3 is 2.65 bits per heavy atom. The first-order valence-electron chi connectivity index (χ1n) is 7.41. The van der Waals surface area contributed by atoms with E-state index in [1.807, 2.05) is 32.0 Å². The van der Waals surface area contributed by atoms with Gasteiger partial charge >= 0.3 is 0 Å². The van der Waals surface area contributed by atoms with Crippen LogP contribution < -0.4 is 14.8 Å². The molecule has 4 nitrogen and oxygen atoms in total. The quantitative estimate of drug-likeness (QED) is 0.849. The number of hydrogen-bond acceptors (Lipinski definition) is 3. The fourth-order valence-corrected chi connectivity index (χ4v) is 2.22. The number of halogens is 1. The normalized spacial score (nSPS) is 11.7. The van der Waals surface area contributed by atoms with Crippen LogP contribution in [0.3, 0.4) is 0 Å². The molecule has 0 bridgehead atoms. The van der Waals surface area contributed by atoms with Crippen molar-refractivity contribution in [1.29, 1.82) is 0 Å². The van der Waals surface area contributed by atoms with Crippen LogP contribution in [0.25, 0.3) is 0 Å². The van der Waals surface area contributed by atoms with Crippen LogP contribution in [-0.4, -0.2) is 19.1 Å². The monoisotopic (exact) mass is 333 g/mol. The molecular formula is C18H20ClNO3. The third-order valence-corrected chi connectivity index (χ3v) is 3.83. The zero-order valence-corrected chi connectivity index (χ0v) is 14.2. The molecule has 0 fully saturated rings. The number of ether oxygens (including phenoxy) is 2. The Labute approximate surface area is 141 Å². The van der Waals surface area contributed by atoms with E-state index in [-0.39, 0.29) is 5.91 Å². The Morgan fingerprint density at radius 2 is 2.00 bits per heavy atom. The molecule has 0 radical (unpaired) electrons. The summed E-state index contributed by atoms with van der Waals surface area (Å²) in [6.07, 6.45) is -0.0286. The number of rotatable bonds is 6. The number of nitrogens with one attached hydrogen (secondary N) is 1. The van der Waals surface area contributed by atoms with Crippen molar-refractivity contribution in [1.82, 2.24) is 0 Å². The number of amides is 1. The van der Waals surface area contributed by atoms with Gasteiger partial charge < -0.3 is 14.8 Å². The molecule has 0 aliphatic heterocycles. The van der Waals surface area contributed by atoms with Crippen molar-refractivity contribution in [2.24, 2.45) is 0 Å². The molecule has 5 heteroatoms. The van der Waals surface area contributed by atoms with Crippen molar-refractivity contribution in [3.8, 4) is 11.5 Å². The van der Waals surface area contributed by atoms with Crippen LogP contribution in [0.1, 0.15) is 18.9 Å². The molecule has 2 rings (SSSR count). The molecule has 2 aromatic rings. The van der Waals surface area contributed by atoms with Gasteiger partial charge in [0.1, 0.15) is 11.5 Å². The minimum absolute atomic E-state index is 0.201. The lowest BCUT2D eigenvalue weighted by Crippen LogP contribution is -2.32. The molecule has 0 saturated carbocycles. The van der Waals surface area contributed by atoms with Crippen LogP contribution >= 0.6 is 11.6 Å². The van der Waals surface area contributed by atoms with Gasteiger partial charge in [0.25, 0.3) is 5.91 Å². The highest BCUT2D eigenvalue weighted by Gasteiger charge is 2.19. The molecule has 0 aromatic heterocycles. The number of methoxy groups -OCH3 is 1. The van der Waals surface area contributed by atoms with Gasteiger partial charge in [0.05, 0.1) is 7.11 Å². The second kappa shape index (κ2) is 7.88. The van der Waals surface area contributed by atoms with Crippen molar-refractivity contribution < 1.29 is 14.3 Å². The van der Waals surface area contributed by atoms with Crippen LogP contribution in [0.5, 0.6) is 11.5 Å². The zero-order valence-electron chi connectivity index (χ0n) is 13.4. The number of aryl methyl sites for hydroxylation is 1. The number of hydrogen-bond donors (Lipinski definition) is 1. The van der Waals surface area contributed by atoms with E-state index in [2.05, 4.69) is 5.32 Å². The SMILES string of the molecule is CC[C@H](Oc1ccc(Cl)c(C)c1)C(=O)Nc1cccc(OC)c1. The van der Waals surface area contributed by atoms with E-state index in [1.165, 1.54) is 0 Å². The molecule has 2 aromatic carbocycles. The molecule has 0 heterocycles. The lowest BCUT2D eigenvalue weighted by Gasteiger charge is -2.18. The van der Waals surface area contributed by atoms with E-state index < -0.39 is 6.10 Å². The molecule has 1 N–H and O–H groups in total. The first-order valence-corrected chi connectivity index (χ1v) is 7.79. The van der Waals surface area contributed by atoms with Crippen LogP contribution in [0, 0.1) is 6.92 Å². The van der Waals surface area contributed by atoms with Crippen LogP contribution in [0.15, 0.2) is 42.5 Å². The Morgan fingerprint density at radius 1 is 1.22 bits per heavy atom. The number of carbonyl (C=O) groups excluding carboxylic acids is 1. The number of carbonyl (C=O) groups is 1. The minimum Gasteiger partial charge on any atom is -0.497 e. The van der Waals surface area contributed by atoms with E-state index in [9.17, 15) is 4.79 Å². The van der Waals surface area contributed by atoms with Crippen LogP contribution in [0.2, 0.25) is 5.02 Å². The van der Waals surface area contributed by atoms with Gasteiger partial charge in [0, 0.05) is 16.8 Å². The first-order chi connectivity index (χ1) is 11.0.